The largest absolute Gasteiger partial charge is 0.312 e. The molecule has 0 amide bonds. The van der Waals surface area contributed by atoms with Gasteiger partial charge in [0, 0.05) is 24.7 Å². The van der Waals surface area contributed by atoms with Crippen LogP contribution in [0.5, 0.6) is 0 Å². The van der Waals surface area contributed by atoms with Crippen LogP contribution in [0.15, 0.2) is 0 Å². The van der Waals surface area contributed by atoms with Crippen LogP contribution in [-0.4, -0.2) is 24.7 Å². The van der Waals surface area contributed by atoms with Crippen LogP contribution in [0.3, 0.4) is 0 Å². The lowest BCUT2D eigenvalue weighted by atomic mass is 9.59. The van der Waals surface area contributed by atoms with E-state index in [9.17, 15) is 5.26 Å². The van der Waals surface area contributed by atoms with Crippen LogP contribution in [0.1, 0.15) is 91.4 Å². The highest BCUT2D eigenvalue weighted by molar-refractivity contribution is 5.08. The molecule has 0 radical (unpaired) electrons. The van der Waals surface area contributed by atoms with Gasteiger partial charge in [0.1, 0.15) is 0 Å². The van der Waals surface area contributed by atoms with E-state index in [1.165, 1.54) is 70.6 Å². The predicted molar refractivity (Wildman–Crippen MR) is 126 cm³/mol. The number of rotatable bonds is 3. The van der Waals surface area contributed by atoms with Crippen molar-refractivity contribution in [3.8, 4) is 6.07 Å². The van der Waals surface area contributed by atoms with E-state index in [4.69, 9.17) is 0 Å². The summed E-state index contributed by atoms with van der Waals surface area (Å²) in [6.07, 6.45) is 15.3. The molecule has 31 heavy (non-hydrogen) atoms. The van der Waals surface area contributed by atoms with Crippen LogP contribution in [0.4, 0.5) is 0 Å². The molecule has 5 aliphatic rings. The highest BCUT2D eigenvalue weighted by atomic mass is 15.4. The zero-order valence-electron chi connectivity index (χ0n) is 20.2. The van der Waals surface area contributed by atoms with E-state index in [0.29, 0.717) is 18.0 Å². The summed E-state index contributed by atoms with van der Waals surface area (Å²) in [4.78, 5) is 0. The fourth-order valence-electron chi connectivity index (χ4n) is 8.50. The first-order valence-corrected chi connectivity index (χ1v) is 13.6. The lowest BCUT2D eigenvalue weighted by Crippen LogP contribution is -2.58. The van der Waals surface area contributed by atoms with Gasteiger partial charge >= 0.3 is 0 Å². The van der Waals surface area contributed by atoms with Crippen molar-refractivity contribution >= 4 is 0 Å². The summed E-state index contributed by atoms with van der Waals surface area (Å²) in [6.45, 7) is 7.89. The number of piperidine rings is 1. The summed E-state index contributed by atoms with van der Waals surface area (Å²) < 4.78 is 0. The van der Waals surface area contributed by atoms with Crippen molar-refractivity contribution in [2.45, 2.75) is 110 Å². The molecule has 2 heterocycles. The van der Waals surface area contributed by atoms with Gasteiger partial charge in [-0.25, -0.2) is 0 Å². The van der Waals surface area contributed by atoms with E-state index >= 15 is 0 Å². The van der Waals surface area contributed by atoms with Gasteiger partial charge in [0.25, 0.3) is 0 Å². The Morgan fingerprint density at radius 2 is 1.45 bits per heavy atom. The molecular weight excluding hydrogens is 380 g/mol. The predicted octanol–water partition coefficient (Wildman–Crippen LogP) is 5.02. The Labute approximate surface area is 190 Å². The summed E-state index contributed by atoms with van der Waals surface area (Å²) in [6, 6.07) is 4.57. The molecule has 3 N–H and O–H groups in total. The second kappa shape index (κ2) is 8.96. The van der Waals surface area contributed by atoms with Crippen molar-refractivity contribution in [3.05, 3.63) is 0 Å². The number of hydrazine groups is 1. The van der Waals surface area contributed by atoms with E-state index in [1.807, 2.05) is 0 Å². The molecule has 5 fully saturated rings. The fourth-order valence-corrected chi connectivity index (χ4v) is 8.50. The monoisotopic (exact) mass is 426 g/mol. The minimum Gasteiger partial charge on any atom is -0.312 e. The Bertz CT molecular complexity index is 653. The van der Waals surface area contributed by atoms with Gasteiger partial charge < -0.3 is 5.32 Å². The van der Waals surface area contributed by atoms with Gasteiger partial charge in [-0.05, 0) is 113 Å². The van der Waals surface area contributed by atoms with Gasteiger partial charge in [-0.3, -0.25) is 10.9 Å². The number of fused-ring (bicyclic) bond motifs is 3. The van der Waals surface area contributed by atoms with Crippen molar-refractivity contribution in [3.63, 3.8) is 0 Å². The molecule has 4 heteroatoms. The first-order chi connectivity index (χ1) is 15.0. The summed E-state index contributed by atoms with van der Waals surface area (Å²) in [7, 11) is 0. The van der Waals surface area contributed by atoms with Crippen LogP contribution < -0.4 is 16.2 Å². The Kier molecular flexibility index (Phi) is 6.41. The summed E-state index contributed by atoms with van der Waals surface area (Å²) in [5.74, 6) is 5.93. The molecule has 0 aromatic heterocycles. The molecule has 3 saturated carbocycles. The lowest BCUT2D eigenvalue weighted by molar-refractivity contribution is 0.0420. The quantitative estimate of drug-likeness (QED) is 0.593. The van der Waals surface area contributed by atoms with Crippen LogP contribution in [-0.2, 0) is 0 Å². The molecule has 0 aromatic carbocycles. The Hall–Kier alpha value is -0.630. The van der Waals surface area contributed by atoms with Crippen LogP contribution >= 0.6 is 0 Å². The third kappa shape index (κ3) is 4.32. The topological polar surface area (TPSA) is 59.9 Å². The minimum atomic E-state index is -0.164. The third-order valence-corrected chi connectivity index (χ3v) is 10.7. The number of hydrogen-bond acceptors (Lipinski definition) is 4. The van der Waals surface area contributed by atoms with Crippen molar-refractivity contribution in [2.24, 2.45) is 46.8 Å². The van der Waals surface area contributed by atoms with E-state index in [2.05, 4.69) is 43.0 Å². The van der Waals surface area contributed by atoms with Crippen LogP contribution in [0.2, 0.25) is 0 Å². The van der Waals surface area contributed by atoms with Crippen molar-refractivity contribution < 1.29 is 0 Å². The lowest BCUT2D eigenvalue weighted by Gasteiger charge is -2.50. The third-order valence-electron chi connectivity index (χ3n) is 10.7. The minimum absolute atomic E-state index is 0.164. The standard InChI is InChI=1S/C27H46N4/c1-17-4-6-18(7-5-17)20-10-13-23-22(14-20)25-24(15-29-23)30-31-26(25)19-8-11-21(12-9-19)27(2,3)16-28/h17-26,29-31H,4-15H2,1-3H3. The first-order valence-electron chi connectivity index (χ1n) is 13.6. The van der Waals surface area contributed by atoms with Gasteiger partial charge in [-0.1, -0.05) is 19.8 Å². The first kappa shape index (κ1) is 22.2. The fraction of sp³-hybridized carbons (Fsp3) is 0.963. The number of nitriles is 1. The molecular formula is C27H46N4. The zero-order valence-corrected chi connectivity index (χ0v) is 20.2. The highest BCUT2D eigenvalue weighted by Gasteiger charge is 2.52. The Morgan fingerprint density at radius 1 is 0.774 bits per heavy atom. The second-order valence-electron chi connectivity index (χ2n) is 12.7. The average Bonchev–Trinajstić information content (AvgIpc) is 3.24. The normalized spacial score (nSPS) is 48.5. The summed E-state index contributed by atoms with van der Waals surface area (Å²) >= 11 is 0. The summed E-state index contributed by atoms with van der Waals surface area (Å²) in [5.41, 5.74) is 7.38. The Morgan fingerprint density at radius 3 is 2.16 bits per heavy atom. The number of nitrogens with zero attached hydrogens (tertiary/aromatic N) is 1. The van der Waals surface area contributed by atoms with Gasteiger partial charge in [0.2, 0.25) is 0 Å². The van der Waals surface area contributed by atoms with Gasteiger partial charge in [0.05, 0.1) is 11.5 Å². The molecule has 0 bridgehead atoms. The van der Waals surface area contributed by atoms with Gasteiger partial charge in [0.15, 0.2) is 0 Å². The average molecular weight is 427 g/mol. The van der Waals surface area contributed by atoms with Crippen molar-refractivity contribution in [1.29, 1.82) is 5.26 Å². The Balaban J connectivity index is 1.25. The van der Waals surface area contributed by atoms with E-state index in [1.54, 1.807) is 0 Å². The molecule has 0 spiro atoms. The molecule has 2 saturated heterocycles. The van der Waals surface area contributed by atoms with Crippen LogP contribution in [0.25, 0.3) is 0 Å². The molecule has 174 valence electrons. The van der Waals surface area contributed by atoms with E-state index in [-0.39, 0.29) is 5.41 Å². The smallest absolute Gasteiger partial charge is 0.0686 e. The molecule has 6 unspecified atom stereocenters. The number of hydrogen-bond donors (Lipinski definition) is 3. The molecule has 3 aliphatic carbocycles. The number of nitrogens with one attached hydrogen (secondary N) is 3. The van der Waals surface area contributed by atoms with Crippen LogP contribution in [0, 0.1) is 58.2 Å². The van der Waals surface area contributed by atoms with Gasteiger partial charge in [-0.15, -0.1) is 0 Å². The second-order valence-corrected chi connectivity index (χ2v) is 12.7. The zero-order chi connectivity index (χ0) is 21.6. The van der Waals surface area contributed by atoms with Gasteiger partial charge in [-0.2, -0.15) is 5.26 Å². The maximum absolute atomic E-state index is 9.57. The summed E-state index contributed by atoms with van der Waals surface area (Å²) in [5, 5.41) is 13.5. The van der Waals surface area contributed by atoms with Crippen molar-refractivity contribution in [2.75, 3.05) is 6.54 Å². The maximum atomic E-state index is 9.57. The highest BCUT2D eigenvalue weighted by Crippen LogP contribution is 2.49. The molecule has 5 rings (SSSR count). The van der Waals surface area contributed by atoms with E-state index in [0.717, 1.165) is 48.1 Å². The molecule has 2 aliphatic heterocycles. The SMILES string of the molecule is CC1CCC(C2CCC3NCC4NNC(C5CCC(C(C)(C)C#N)CC5)C4C3C2)CC1. The molecule has 4 nitrogen and oxygen atoms in total. The van der Waals surface area contributed by atoms with Crippen molar-refractivity contribution in [1.82, 2.24) is 16.2 Å². The molecule has 0 aromatic rings. The molecule has 6 atom stereocenters. The van der Waals surface area contributed by atoms with E-state index < -0.39 is 0 Å². The maximum Gasteiger partial charge on any atom is 0.0686 e.